The summed E-state index contributed by atoms with van der Waals surface area (Å²) in [5, 5.41) is 0. The van der Waals surface area contributed by atoms with E-state index in [0.717, 1.165) is 0 Å². The fourth-order valence-corrected chi connectivity index (χ4v) is 11.2. The van der Waals surface area contributed by atoms with Gasteiger partial charge in [-0.2, -0.15) is 0 Å². The first kappa shape index (κ1) is 26.2. The van der Waals surface area contributed by atoms with Crippen molar-refractivity contribution in [1.29, 1.82) is 0 Å². The Hall–Kier alpha value is -0.467. The van der Waals surface area contributed by atoms with Gasteiger partial charge >= 0.3 is 220 Å². The summed E-state index contributed by atoms with van der Waals surface area (Å²) in [6.45, 7) is 0. The quantitative estimate of drug-likeness (QED) is 0.287. The summed E-state index contributed by atoms with van der Waals surface area (Å²) in [5.41, 5.74) is 8.62. The molecule has 5 heteroatoms. The molecule has 35 heavy (non-hydrogen) atoms. The smallest absolute Gasteiger partial charge is 1.00 e. The maximum absolute atomic E-state index is 3.88. The maximum Gasteiger partial charge on any atom is -1.00 e. The van der Waals surface area contributed by atoms with Crippen molar-refractivity contribution < 1.29 is 71.2 Å². The average Bonchev–Trinajstić information content (AvgIpc) is 3.40. The van der Waals surface area contributed by atoms with E-state index in [4.69, 9.17) is 0 Å². The molecule has 8 rings (SSSR count). The van der Waals surface area contributed by atoms with E-state index in [2.05, 4.69) is 119 Å². The molecule has 0 nitrogen and oxygen atoms in total. The van der Waals surface area contributed by atoms with Crippen molar-refractivity contribution in [2.75, 3.05) is 0 Å². The molecule has 2 aliphatic carbocycles. The number of rotatable bonds is 3. The second kappa shape index (κ2) is 10.7. The summed E-state index contributed by atoms with van der Waals surface area (Å²) in [4.78, 5) is 2.72. The molecule has 0 saturated carbocycles. The van der Waals surface area contributed by atoms with Crippen LogP contribution in [-0.4, -0.2) is 0 Å². The summed E-state index contributed by atoms with van der Waals surface area (Å²) in [5.74, 6) is 0.765. The summed E-state index contributed by atoms with van der Waals surface area (Å²) in [6, 6.07) is 33.9. The molecule has 2 atom stereocenters. The molecule has 2 heterocycles. The van der Waals surface area contributed by atoms with E-state index < -0.39 is 23.2 Å². The topological polar surface area (TPSA) is 0 Å². The Kier molecular flexibility index (Phi) is 8.01. The van der Waals surface area contributed by atoms with Crippen LogP contribution < -0.4 is 48.0 Å². The van der Waals surface area contributed by atoms with Gasteiger partial charge in [-0.05, 0) is 0 Å². The molecule has 6 bridgehead atoms. The van der Waals surface area contributed by atoms with E-state index in [1.807, 2.05) is 11.8 Å². The molecule has 0 fully saturated rings. The first-order valence-electron chi connectivity index (χ1n) is 11.2. The van der Waals surface area contributed by atoms with E-state index in [1.54, 1.807) is 6.56 Å². The monoisotopic (exact) mass is 834 g/mol. The molecule has 4 aromatic carbocycles. The molecule has 4 aromatic rings. The van der Waals surface area contributed by atoms with Crippen molar-refractivity contribution >= 4 is 39.8 Å². The number of hydrogen-bond acceptors (Lipinski definition) is 1. The Balaban J connectivity index is 0.00000127. The number of benzene rings is 4. The third-order valence-electron chi connectivity index (χ3n) is 6.88. The molecule has 0 N–H and O–H groups in total. The second-order valence-corrected chi connectivity index (χ2v) is 14.2. The van der Waals surface area contributed by atoms with Crippen molar-refractivity contribution in [3.05, 3.63) is 135 Å². The minimum Gasteiger partial charge on any atom is -1.00 e. The molecule has 0 saturated heterocycles. The fourth-order valence-electron chi connectivity index (χ4n) is 5.44. The third kappa shape index (κ3) is 4.56. The van der Waals surface area contributed by atoms with Gasteiger partial charge < -0.3 is 48.0 Å². The summed E-state index contributed by atoms with van der Waals surface area (Å²) in [7, 11) is 0. The van der Waals surface area contributed by atoms with Crippen molar-refractivity contribution in [2.45, 2.75) is 21.6 Å². The van der Waals surface area contributed by atoms with E-state index in [-0.39, 0.29) is 48.0 Å². The van der Waals surface area contributed by atoms with Gasteiger partial charge in [-0.3, -0.25) is 0 Å². The minimum atomic E-state index is -1.03. The summed E-state index contributed by atoms with van der Waals surface area (Å²) < 4.78 is 4.55. The van der Waals surface area contributed by atoms with Gasteiger partial charge in [0.2, 0.25) is 0 Å². The predicted octanol–water partition coefficient (Wildman–Crippen LogP) is 2.68. The molecule has 0 spiro atoms. The molecule has 0 amide bonds. The van der Waals surface area contributed by atoms with Crippen molar-refractivity contribution in [1.82, 2.24) is 0 Å². The van der Waals surface area contributed by atoms with Crippen LogP contribution in [0.2, 0.25) is 0 Å². The van der Waals surface area contributed by atoms with E-state index in [1.165, 1.54) is 47.6 Å². The molecule has 170 valence electrons. The van der Waals surface area contributed by atoms with Crippen LogP contribution in [0.25, 0.3) is 12.2 Å². The first-order valence-corrected chi connectivity index (χ1v) is 15.3. The normalized spacial score (nSPS) is 18.1. The number of fused-ring (bicyclic) bond motifs is 3. The largest absolute Gasteiger partial charge is 1.00 e. The van der Waals surface area contributed by atoms with Crippen LogP contribution in [0, 0.1) is 0 Å². The van der Waals surface area contributed by atoms with Gasteiger partial charge in [0.1, 0.15) is 0 Å². The molecule has 0 aromatic heterocycles. The molecule has 2 unspecified atom stereocenters. The maximum atomic E-state index is 3.88. The second-order valence-electron chi connectivity index (χ2n) is 8.77. The Morgan fingerprint density at radius 2 is 1.37 bits per heavy atom. The van der Waals surface area contributed by atoms with Gasteiger partial charge in [0.25, 0.3) is 0 Å². The van der Waals surface area contributed by atoms with E-state index in [0.29, 0.717) is 11.8 Å². The van der Waals surface area contributed by atoms with Crippen molar-refractivity contribution in [2.24, 2.45) is 0 Å². The van der Waals surface area contributed by atoms with Crippen LogP contribution in [0.15, 0.2) is 112 Å². The van der Waals surface area contributed by atoms with Crippen molar-refractivity contribution in [3.8, 4) is 0 Å². The fraction of sp³-hybridized carbons (Fsp3) is 0.0667. The number of allylic oxidation sites excluding steroid dienone is 2. The number of hydrogen-bond donors (Lipinski definition) is 0. The van der Waals surface area contributed by atoms with Crippen LogP contribution in [0.5, 0.6) is 0 Å². The summed E-state index contributed by atoms with van der Waals surface area (Å²) in [6.07, 6.45) is 5.07. The third-order valence-corrected chi connectivity index (χ3v) is 12.2. The standard InChI is InChI=1S/C15H10Br.C15H9S.2HI.Zr/c16-14-8-4-7-12-9-10-13(15(12)14)11-5-2-1-3-6-11;1-2-13-12-8-9-14(13)15(3-1)16-11-6-4-10(12)5-7-11;;;/h1-9,13H;1-7,9,12H;2*1H;/q;;;;+2/p-2. The van der Waals surface area contributed by atoms with Gasteiger partial charge in [0.15, 0.2) is 0 Å². The van der Waals surface area contributed by atoms with Crippen LogP contribution >= 0.6 is 27.7 Å². The first-order chi connectivity index (χ1) is 16.3. The van der Waals surface area contributed by atoms with Crippen LogP contribution in [0.1, 0.15) is 45.2 Å². The molecule has 4 aliphatic rings. The zero-order chi connectivity index (χ0) is 21.9. The summed E-state index contributed by atoms with van der Waals surface area (Å²) >= 11 is 4.75. The molecular weight excluding hydrogens is 817 g/mol. The van der Waals surface area contributed by atoms with Gasteiger partial charge in [0.05, 0.1) is 0 Å². The van der Waals surface area contributed by atoms with Crippen LogP contribution in [0.4, 0.5) is 0 Å². The molecule has 0 radical (unpaired) electrons. The zero-order valence-electron chi connectivity index (χ0n) is 18.5. The van der Waals surface area contributed by atoms with Gasteiger partial charge in [0, 0.05) is 0 Å². The van der Waals surface area contributed by atoms with E-state index in [9.17, 15) is 0 Å². The number of halogens is 3. The Morgan fingerprint density at radius 3 is 2.17 bits per heavy atom. The molecular formula is C30H19BrI2SZr. The SMILES string of the molecule is Brc1cccc2c1C(c1ccccc1)[C]([Zr+2][C]1=Cc3c4cccc3C1c1ccc(cc1)S4)=C2.[I-].[I-]. The van der Waals surface area contributed by atoms with Gasteiger partial charge in [-0.1, -0.05) is 0 Å². The Bertz CT molecular complexity index is 1480. The minimum absolute atomic E-state index is 0. The Morgan fingerprint density at radius 1 is 0.657 bits per heavy atom. The van der Waals surface area contributed by atoms with Crippen molar-refractivity contribution in [3.63, 3.8) is 0 Å². The van der Waals surface area contributed by atoms with Crippen LogP contribution in [0.3, 0.4) is 0 Å². The Labute approximate surface area is 264 Å². The van der Waals surface area contributed by atoms with Gasteiger partial charge in [-0.25, -0.2) is 0 Å². The van der Waals surface area contributed by atoms with E-state index >= 15 is 0 Å². The molecule has 2 aliphatic heterocycles. The predicted molar refractivity (Wildman–Crippen MR) is 137 cm³/mol. The van der Waals surface area contributed by atoms with Crippen LogP contribution in [-0.2, 0) is 23.2 Å². The average molecular weight is 836 g/mol. The van der Waals surface area contributed by atoms with Gasteiger partial charge in [-0.15, -0.1) is 0 Å². The zero-order valence-corrected chi connectivity index (χ0v) is 27.7.